The Morgan fingerprint density at radius 1 is 1.31 bits per heavy atom. The highest BCUT2D eigenvalue weighted by Gasteiger charge is 1.96. The van der Waals surface area contributed by atoms with Crippen molar-refractivity contribution in [1.29, 1.82) is 0 Å². The van der Waals surface area contributed by atoms with E-state index in [1.807, 2.05) is 12.1 Å². The van der Waals surface area contributed by atoms with Gasteiger partial charge in [0.05, 0.1) is 18.6 Å². The Bertz CT molecular complexity index is 202. The maximum absolute atomic E-state index is 8.51. The van der Waals surface area contributed by atoms with Crippen LogP contribution in [0.5, 0.6) is 0 Å². The lowest BCUT2D eigenvalue weighted by Gasteiger charge is -1.96. The van der Waals surface area contributed by atoms with Crippen molar-refractivity contribution in [3.63, 3.8) is 0 Å². The molecule has 13 heavy (non-hydrogen) atoms. The number of furan rings is 1. The van der Waals surface area contributed by atoms with Crippen LogP contribution in [0.1, 0.15) is 5.76 Å². The van der Waals surface area contributed by atoms with Gasteiger partial charge in [-0.1, -0.05) is 21.6 Å². The fourth-order valence-electron chi connectivity index (χ4n) is 0.587. The monoisotopic (exact) mass is 254 g/mol. The normalized spacial score (nSPS) is 10.5. The molecule has 0 aliphatic heterocycles. The van der Waals surface area contributed by atoms with Crippen LogP contribution in [0.2, 0.25) is 0 Å². The van der Waals surface area contributed by atoms with Crippen LogP contribution in [-0.2, 0) is 5.75 Å². The van der Waals surface area contributed by atoms with E-state index >= 15 is 0 Å². The van der Waals surface area contributed by atoms with Crippen LogP contribution in [0.3, 0.4) is 0 Å². The number of rotatable bonds is 7. The molecule has 0 saturated carbocycles. The van der Waals surface area contributed by atoms with Gasteiger partial charge in [0, 0.05) is 5.75 Å². The molecule has 0 spiro atoms. The molecule has 0 bridgehead atoms. The zero-order chi connectivity index (χ0) is 9.36. The zero-order valence-corrected chi connectivity index (χ0v) is 10.1. The predicted octanol–water partition coefficient (Wildman–Crippen LogP) is 3.45. The number of aliphatic hydroxyl groups is 1. The van der Waals surface area contributed by atoms with E-state index < -0.39 is 0 Å². The van der Waals surface area contributed by atoms with E-state index in [1.165, 1.54) is 0 Å². The van der Waals surface area contributed by atoms with E-state index in [0.717, 1.165) is 17.3 Å². The fraction of sp³-hybridized carbons (Fsp3) is 0.429. The molecule has 0 atom stereocenters. The second-order valence-electron chi connectivity index (χ2n) is 2.02. The van der Waals surface area contributed by atoms with Crippen LogP contribution < -0.4 is 0 Å². The van der Waals surface area contributed by atoms with Gasteiger partial charge in [-0.05, 0) is 31.8 Å². The maximum atomic E-state index is 8.51. The second kappa shape index (κ2) is 7.99. The SMILES string of the molecule is OCCSSSSCc1ccco1. The minimum Gasteiger partial charge on any atom is -0.468 e. The molecule has 0 aliphatic rings. The third kappa shape index (κ3) is 5.85. The first-order valence-electron chi connectivity index (χ1n) is 3.64. The van der Waals surface area contributed by atoms with E-state index in [-0.39, 0.29) is 6.61 Å². The van der Waals surface area contributed by atoms with E-state index in [9.17, 15) is 0 Å². The molecule has 0 radical (unpaired) electrons. The van der Waals surface area contributed by atoms with Crippen molar-refractivity contribution in [2.45, 2.75) is 5.75 Å². The summed E-state index contributed by atoms with van der Waals surface area (Å²) >= 11 is 0. The summed E-state index contributed by atoms with van der Waals surface area (Å²) in [5.41, 5.74) is 0. The van der Waals surface area contributed by atoms with E-state index in [1.54, 1.807) is 47.5 Å². The fourth-order valence-corrected chi connectivity index (χ4v) is 6.17. The number of hydrogen-bond acceptors (Lipinski definition) is 6. The van der Waals surface area contributed by atoms with Crippen LogP contribution in [0.4, 0.5) is 0 Å². The standard InChI is InChI=1S/C7H10O2S4/c8-3-5-10-12-13-11-6-7-2-1-4-9-7/h1-2,4,8H,3,5-6H2. The van der Waals surface area contributed by atoms with Crippen molar-refractivity contribution < 1.29 is 9.52 Å². The highest BCUT2D eigenvalue weighted by Crippen LogP contribution is 2.43. The molecule has 0 saturated heterocycles. The zero-order valence-electron chi connectivity index (χ0n) is 6.84. The van der Waals surface area contributed by atoms with Gasteiger partial charge in [0.15, 0.2) is 0 Å². The summed E-state index contributed by atoms with van der Waals surface area (Å²) in [7, 11) is 6.82. The average Bonchev–Trinajstić information content (AvgIpc) is 2.63. The molecule has 1 rings (SSSR count). The summed E-state index contributed by atoms with van der Waals surface area (Å²) in [5.74, 6) is 2.69. The smallest absolute Gasteiger partial charge is 0.114 e. The molecule has 6 heteroatoms. The third-order valence-electron chi connectivity index (χ3n) is 1.08. The Kier molecular flexibility index (Phi) is 7.20. The molecule has 1 N–H and O–H groups in total. The minimum absolute atomic E-state index is 0.251. The molecule has 0 unspecified atom stereocenters. The molecule has 0 aromatic carbocycles. The van der Waals surface area contributed by atoms with Gasteiger partial charge in [-0.2, -0.15) is 0 Å². The van der Waals surface area contributed by atoms with Gasteiger partial charge >= 0.3 is 0 Å². The summed E-state index contributed by atoms with van der Waals surface area (Å²) < 4.78 is 5.17. The molecular weight excluding hydrogens is 244 g/mol. The molecule has 0 amide bonds. The average molecular weight is 254 g/mol. The molecular formula is C7H10O2S4. The summed E-state index contributed by atoms with van der Waals surface area (Å²) in [5, 5.41) is 8.51. The number of hydrogen-bond donors (Lipinski definition) is 1. The van der Waals surface area contributed by atoms with Crippen molar-refractivity contribution in [2.24, 2.45) is 0 Å². The van der Waals surface area contributed by atoms with Gasteiger partial charge in [-0.15, -0.1) is 0 Å². The summed E-state index contributed by atoms with van der Waals surface area (Å²) in [4.78, 5) is 0. The lowest BCUT2D eigenvalue weighted by molar-refractivity contribution is 0.323. The van der Waals surface area contributed by atoms with Gasteiger partial charge in [-0.25, -0.2) is 0 Å². The molecule has 0 fully saturated rings. The Labute approximate surface area is 92.8 Å². The van der Waals surface area contributed by atoms with Gasteiger partial charge in [-0.3, -0.25) is 0 Å². The van der Waals surface area contributed by atoms with Gasteiger partial charge in [0.25, 0.3) is 0 Å². The van der Waals surface area contributed by atoms with Crippen molar-refractivity contribution >= 4 is 41.2 Å². The Morgan fingerprint density at radius 2 is 2.15 bits per heavy atom. The minimum atomic E-state index is 0.251. The molecule has 1 heterocycles. The number of aliphatic hydroxyl groups excluding tert-OH is 1. The molecule has 0 aliphatic carbocycles. The first-order chi connectivity index (χ1) is 6.43. The van der Waals surface area contributed by atoms with Gasteiger partial charge < -0.3 is 9.52 Å². The first-order valence-corrected chi connectivity index (χ1v) is 8.80. The maximum Gasteiger partial charge on any atom is 0.114 e. The van der Waals surface area contributed by atoms with Crippen LogP contribution in [0, 0.1) is 0 Å². The lowest BCUT2D eigenvalue weighted by Crippen LogP contribution is -1.80. The van der Waals surface area contributed by atoms with Crippen molar-refractivity contribution in [1.82, 2.24) is 0 Å². The summed E-state index contributed by atoms with van der Waals surface area (Å²) in [6.45, 7) is 0.251. The van der Waals surface area contributed by atoms with Gasteiger partial charge in [0.1, 0.15) is 5.76 Å². The molecule has 2 nitrogen and oxygen atoms in total. The van der Waals surface area contributed by atoms with Crippen molar-refractivity contribution in [3.8, 4) is 0 Å². The second-order valence-corrected chi connectivity index (χ2v) is 8.14. The summed E-state index contributed by atoms with van der Waals surface area (Å²) in [6.07, 6.45) is 1.69. The summed E-state index contributed by atoms with van der Waals surface area (Å²) in [6, 6.07) is 3.87. The highest BCUT2D eigenvalue weighted by molar-refractivity contribution is 9.26. The van der Waals surface area contributed by atoms with Gasteiger partial charge in [0.2, 0.25) is 0 Å². The molecule has 74 valence electrons. The van der Waals surface area contributed by atoms with Crippen LogP contribution >= 0.6 is 41.2 Å². The largest absolute Gasteiger partial charge is 0.468 e. The Morgan fingerprint density at radius 3 is 2.85 bits per heavy atom. The molecule has 1 aromatic rings. The van der Waals surface area contributed by atoms with Crippen molar-refractivity contribution in [2.75, 3.05) is 12.4 Å². The van der Waals surface area contributed by atoms with E-state index in [0.29, 0.717) is 0 Å². The third-order valence-corrected chi connectivity index (χ3v) is 7.41. The molecule has 1 aromatic heterocycles. The topological polar surface area (TPSA) is 33.4 Å². The predicted molar refractivity (Wildman–Crippen MR) is 64.7 cm³/mol. The van der Waals surface area contributed by atoms with E-state index in [4.69, 9.17) is 9.52 Å². The highest BCUT2D eigenvalue weighted by atomic mass is 33.7. The van der Waals surface area contributed by atoms with Crippen LogP contribution in [0.25, 0.3) is 0 Å². The Hall–Kier alpha value is 0.640. The quantitative estimate of drug-likeness (QED) is 0.593. The van der Waals surface area contributed by atoms with Crippen LogP contribution in [-0.4, -0.2) is 17.5 Å². The first kappa shape index (κ1) is 11.7. The van der Waals surface area contributed by atoms with E-state index in [2.05, 4.69) is 0 Å². The van der Waals surface area contributed by atoms with Crippen LogP contribution in [0.15, 0.2) is 22.8 Å². The lowest BCUT2D eigenvalue weighted by atomic mass is 10.5. The van der Waals surface area contributed by atoms with Crippen molar-refractivity contribution in [3.05, 3.63) is 24.2 Å². The Balaban J connectivity index is 1.90.